The van der Waals surface area contributed by atoms with Crippen molar-refractivity contribution in [2.24, 2.45) is 5.73 Å². The molecule has 7 heteroatoms. The Bertz CT molecular complexity index is 631. The molecule has 5 nitrogen and oxygen atoms in total. The Kier molecular flexibility index (Phi) is 5.03. The van der Waals surface area contributed by atoms with Crippen molar-refractivity contribution >= 4 is 12.4 Å². The van der Waals surface area contributed by atoms with E-state index in [1.807, 2.05) is 6.92 Å². The Morgan fingerprint density at radius 3 is 2.73 bits per heavy atom. The average molecular weight is 328 g/mol. The van der Waals surface area contributed by atoms with Gasteiger partial charge in [0, 0.05) is 0 Å². The van der Waals surface area contributed by atoms with Crippen LogP contribution in [0.2, 0.25) is 0 Å². The third-order valence-electron chi connectivity index (χ3n) is 3.88. The summed E-state index contributed by atoms with van der Waals surface area (Å²) in [5.74, 6) is 0.618. The largest absolute Gasteiger partial charge is 0.478 e. The van der Waals surface area contributed by atoms with Gasteiger partial charge in [-0.05, 0) is 37.8 Å². The Morgan fingerprint density at radius 1 is 1.41 bits per heavy atom. The number of halogens is 2. The summed E-state index contributed by atoms with van der Waals surface area (Å²) >= 11 is 0. The molecule has 1 aliphatic carbocycles. The van der Waals surface area contributed by atoms with Gasteiger partial charge in [-0.25, -0.2) is 4.39 Å². The van der Waals surface area contributed by atoms with Crippen molar-refractivity contribution in [2.45, 2.75) is 44.2 Å². The van der Waals surface area contributed by atoms with Crippen LogP contribution in [-0.2, 0) is 5.54 Å². The molecule has 22 heavy (non-hydrogen) atoms. The van der Waals surface area contributed by atoms with Gasteiger partial charge in [0.1, 0.15) is 0 Å². The van der Waals surface area contributed by atoms with E-state index in [0.717, 1.165) is 19.3 Å². The number of para-hydroxylation sites is 1. The summed E-state index contributed by atoms with van der Waals surface area (Å²) in [6, 6.07) is 6.26. The third-order valence-corrected chi connectivity index (χ3v) is 3.88. The SMILES string of the molecule is CCC(Oc1ccccc1F)c1nc(C2(N)CCC2)no1.Cl. The standard InChI is InChI=1S/C15H18FN3O2.ClH/c1-2-11(20-12-7-4-3-6-10(12)16)13-18-14(19-21-13)15(17)8-5-9-15;/h3-4,6-7,11H,2,5,8-9,17H2,1H3;1H. The minimum atomic E-state index is -0.480. The summed E-state index contributed by atoms with van der Waals surface area (Å²) in [6.45, 7) is 1.91. The highest BCUT2D eigenvalue weighted by atomic mass is 35.5. The van der Waals surface area contributed by atoms with Gasteiger partial charge in [0.25, 0.3) is 5.89 Å². The summed E-state index contributed by atoms with van der Waals surface area (Å²) in [5, 5.41) is 3.96. The Hall–Kier alpha value is -1.66. The maximum absolute atomic E-state index is 13.6. The number of nitrogens with zero attached hydrogens (tertiary/aromatic N) is 2. The van der Waals surface area contributed by atoms with E-state index in [9.17, 15) is 4.39 Å². The lowest BCUT2D eigenvalue weighted by molar-refractivity contribution is 0.148. The maximum Gasteiger partial charge on any atom is 0.267 e. The molecule has 2 aromatic rings. The summed E-state index contributed by atoms with van der Waals surface area (Å²) in [4.78, 5) is 4.35. The molecule has 1 aromatic carbocycles. The van der Waals surface area contributed by atoms with Crippen molar-refractivity contribution in [2.75, 3.05) is 0 Å². The van der Waals surface area contributed by atoms with Crippen LogP contribution in [0.4, 0.5) is 4.39 Å². The molecule has 1 saturated carbocycles. The second-order valence-corrected chi connectivity index (χ2v) is 5.41. The molecule has 3 rings (SSSR count). The van der Waals surface area contributed by atoms with E-state index < -0.39 is 17.5 Å². The first-order valence-corrected chi connectivity index (χ1v) is 7.16. The van der Waals surface area contributed by atoms with Gasteiger partial charge in [0.2, 0.25) is 0 Å². The van der Waals surface area contributed by atoms with Crippen LogP contribution in [0.15, 0.2) is 28.8 Å². The minimum absolute atomic E-state index is 0. The van der Waals surface area contributed by atoms with Crippen molar-refractivity contribution < 1.29 is 13.7 Å². The lowest BCUT2D eigenvalue weighted by Crippen LogP contribution is -2.44. The van der Waals surface area contributed by atoms with Crippen LogP contribution in [0.25, 0.3) is 0 Å². The fourth-order valence-corrected chi connectivity index (χ4v) is 2.35. The number of hydrogen-bond donors (Lipinski definition) is 1. The highest BCUT2D eigenvalue weighted by Crippen LogP contribution is 2.37. The van der Waals surface area contributed by atoms with Gasteiger partial charge in [-0.3, -0.25) is 0 Å². The first-order valence-electron chi connectivity index (χ1n) is 7.16. The zero-order valence-electron chi connectivity index (χ0n) is 12.3. The van der Waals surface area contributed by atoms with Crippen LogP contribution in [0.3, 0.4) is 0 Å². The molecule has 2 N–H and O–H groups in total. The summed E-state index contributed by atoms with van der Waals surface area (Å²) in [7, 11) is 0. The second kappa shape index (κ2) is 6.62. The van der Waals surface area contributed by atoms with E-state index >= 15 is 0 Å². The van der Waals surface area contributed by atoms with E-state index in [0.29, 0.717) is 18.1 Å². The first kappa shape index (κ1) is 16.7. The molecule has 0 spiro atoms. The fourth-order valence-electron chi connectivity index (χ4n) is 2.35. The molecule has 0 saturated heterocycles. The van der Waals surface area contributed by atoms with Crippen LogP contribution in [0.5, 0.6) is 5.75 Å². The molecule has 0 aliphatic heterocycles. The molecule has 1 atom stereocenters. The summed E-state index contributed by atoms with van der Waals surface area (Å²) in [5.41, 5.74) is 5.70. The van der Waals surface area contributed by atoms with Crippen LogP contribution >= 0.6 is 12.4 Å². The highest BCUT2D eigenvalue weighted by Gasteiger charge is 2.39. The van der Waals surface area contributed by atoms with Crippen molar-refractivity contribution in [1.82, 2.24) is 10.1 Å². The fraction of sp³-hybridized carbons (Fsp3) is 0.467. The van der Waals surface area contributed by atoms with Crippen LogP contribution < -0.4 is 10.5 Å². The van der Waals surface area contributed by atoms with Gasteiger partial charge in [-0.2, -0.15) is 4.98 Å². The van der Waals surface area contributed by atoms with Gasteiger partial charge in [-0.15, -0.1) is 12.4 Å². The van der Waals surface area contributed by atoms with E-state index in [2.05, 4.69) is 10.1 Å². The molecule has 1 unspecified atom stereocenters. The van der Waals surface area contributed by atoms with E-state index in [4.69, 9.17) is 15.0 Å². The van der Waals surface area contributed by atoms with E-state index in [1.165, 1.54) is 6.07 Å². The Morgan fingerprint density at radius 2 is 2.14 bits per heavy atom. The molecule has 1 aliphatic rings. The number of aromatic nitrogens is 2. The molecular weight excluding hydrogens is 309 g/mol. The highest BCUT2D eigenvalue weighted by molar-refractivity contribution is 5.85. The van der Waals surface area contributed by atoms with Crippen LogP contribution in [0.1, 0.15) is 50.4 Å². The van der Waals surface area contributed by atoms with Crippen LogP contribution in [0, 0.1) is 5.82 Å². The number of nitrogens with two attached hydrogens (primary N) is 1. The zero-order chi connectivity index (χ0) is 14.9. The van der Waals surface area contributed by atoms with Crippen molar-refractivity contribution in [3.63, 3.8) is 0 Å². The quantitative estimate of drug-likeness (QED) is 0.909. The normalized spacial score (nSPS) is 17.2. The first-order chi connectivity index (χ1) is 10.1. The second-order valence-electron chi connectivity index (χ2n) is 5.41. The van der Waals surface area contributed by atoms with Crippen LogP contribution in [-0.4, -0.2) is 10.1 Å². The number of hydrogen-bond acceptors (Lipinski definition) is 5. The molecule has 1 aromatic heterocycles. The molecule has 1 heterocycles. The Balaban J connectivity index is 0.00000176. The summed E-state index contributed by atoms with van der Waals surface area (Å²) in [6.07, 6.45) is 2.90. The van der Waals surface area contributed by atoms with Gasteiger partial charge in [0.15, 0.2) is 23.5 Å². The van der Waals surface area contributed by atoms with Gasteiger partial charge in [0.05, 0.1) is 5.54 Å². The van der Waals surface area contributed by atoms with E-state index in [1.54, 1.807) is 18.2 Å². The van der Waals surface area contributed by atoms with Crippen molar-refractivity contribution in [3.8, 4) is 5.75 Å². The minimum Gasteiger partial charge on any atom is -0.478 e. The number of rotatable bonds is 5. The molecular formula is C15H19ClFN3O2. The molecule has 1 fully saturated rings. The topological polar surface area (TPSA) is 74.2 Å². The lowest BCUT2D eigenvalue weighted by Gasteiger charge is -2.34. The van der Waals surface area contributed by atoms with E-state index in [-0.39, 0.29) is 18.2 Å². The van der Waals surface area contributed by atoms with Crippen molar-refractivity contribution in [1.29, 1.82) is 0 Å². The number of benzene rings is 1. The van der Waals surface area contributed by atoms with Crippen molar-refractivity contribution in [3.05, 3.63) is 41.8 Å². The molecule has 0 bridgehead atoms. The van der Waals surface area contributed by atoms with Gasteiger partial charge >= 0.3 is 0 Å². The van der Waals surface area contributed by atoms with Gasteiger partial charge in [-0.1, -0.05) is 24.2 Å². The maximum atomic E-state index is 13.6. The predicted octanol–water partition coefficient (Wildman–Crippen LogP) is 3.50. The molecule has 0 radical (unpaired) electrons. The average Bonchev–Trinajstić information content (AvgIpc) is 2.94. The predicted molar refractivity (Wildman–Crippen MR) is 81.3 cm³/mol. The Labute approximate surface area is 134 Å². The smallest absolute Gasteiger partial charge is 0.267 e. The molecule has 0 amide bonds. The third kappa shape index (κ3) is 3.08. The zero-order valence-corrected chi connectivity index (χ0v) is 13.1. The lowest BCUT2D eigenvalue weighted by atomic mass is 9.77. The van der Waals surface area contributed by atoms with Gasteiger partial charge < -0.3 is 15.0 Å². The monoisotopic (exact) mass is 327 g/mol. The number of ether oxygens (including phenoxy) is 1. The summed E-state index contributed by atoms with van der Waals surface area (Å²) < 4.78 is 24.6. The molecule has 120 valence electrons.